The lowest BCUT2D eigenvalue weighted by atomic mass is 10.1. The van der Waals surface area contributed by atoms with Crippen LogP contribution >= 0.6 is 0 Å². The van der Waals surface area contributed by atoms with Gasteiger partial charge >= 0.3 is 6.18 Å². The second-order valence-electron chi connectivity index (χ2n) is 2.95. The maximum absolute atomic E-state index is 12.4. The van der Waals surface area contributed by atoms with Crippen molar-refractivity contribution in [3.05, 3.63) is 23.8 Å². The summed E-state index contributed by atoms with van der Waals surface area (Å²) in [6.07, 6.45) is -4.52. The Labute approximate surface area is 84.1 Å². The van der Waals surface area contributed by atoms with Crippen LogP contribution in [0, 0.1) is 0 Å². The fourth-order valence-corrected chi connectivity index (χ4v) is 1.11. The van der Waals surface area contributed by atoms with Crippen molar-refractivity contribution < 1.29 is 18.0 Å². The number of halogens is 3. The second-order valence-corrected chi connectivity index (χ2v) is 2.95. The lowest BCUT2D eigenvalue weighted by Gasteiger charge is -2.13. The largest absolute Gasteiger partial charge is 0.418 e. The first-order chi connectivity index (χ1) is 6.82. The van der Waals surface area contributed by atoms with Crippen LogP contribution in [0.1, 0.15) is 12.5 Å². The smallest absolute Gasteiger partial charge is 0.397 e. The van der Waals surface area contributed by atoms with Crippen molar-refractivity contribution in [2.45, 2.75) is 13.1 Å². The highest BCUT2D eigenvalue weighted by Crippen LogP contribution is 2.36. The standard InChI is InChI=1S/C9H9F3N2O/c1-5(15)14-7-4-2-3-6(8(7)13)9(10,11)12/h2-4H,13H2,1H3,(H,14,15). The lowest BCUT2D eigenvalue weighted by molar-refractivity contribution is -0.136. The van der Waals surface area contributed by atoms with Crippen LogP contribution in [-0.2, 0) is 11.0 Å². The first-order valence-electron chi connectivity index (χ1n) is 4.05. The number of hydrogen-bond acceptors (Lipinski definition) is 2. The number of rotatable bonds is 1. The summed E-state index contributed by atoms with van der Waals surface area (Å²) in [6.45, 7) is 1.19. The Hall–Kier alpha value is -1.72. The molecule has 0 aliphatic carbocycles. The molecule has 0 aliphatic heterocycles. The highest BCUT2D eigenvalue weighted by atomic mass is 19.4. The Bertz CT molecular complexity index is 387. The summed E-state index contributed by atoms with van der Waals surface area (Å²) in [7, 11) is 0. The minimum Gasteiger partial charge on any atom is -0.397 e. The van der Waals surface area contributed by atoms with Gasteiger partial charge in [-0.3, -0.25) is 4.79 Å². The number of hydrogen-bond donors (Lipinski definition) is 2. The molecule has 1 rings (SSSR count). The van der Waals surface area contributed by atoms with E-state index in [1.807, 2.05) is 0 Å². The quantitative estimate of drug-likeness (QED) is 0.710. The Morgan fingerprint density at radius 1 is 1.40 bits per heavy atom. The summed E-state index contributed by atoms with van der Waals surface area (Å²) < 4.78 is 37.1. The third-order valence-corrected chi connectivity index (χ3v) is 1.72. The van der Waals surface area contributed by atoms with E-state index >= 15 is 0 Å². The minimum absolute atomic E-state index is 0.0303. The van der Waals surface area contributed by atoms with Crippen LogP contribution in [-0.4, -0.2) is 5.91 Å². The normalized spacial score (nSPS) is 11.2. The first-order valence-corrected chi connectivity index (χ1v) is 4.05. The number of carbonyl (C=O) groups is 1. The van der Waals surface area contributed by atoms with E-state index in [1.54, 1.807) is 0 Å². The monoisotopic (exact) mass is 218 g/mol. The van der Waals surface area contributed by atoms with E-state index in [4.69, 9.17) is 5.73 Å². The molecule has 0 aliphatic rings. The molecule has 3 nitrogen and oxygen atoms in total. The molecule has 1 aromatic carbocycles. The van der Waals surface area contributed by atoms with Crippen molar-refractivity contribution in [2.75, 3.05) is 11.1 Å². The molecule has 0 unspecified atom stereocenters. The first kappa shape index (κ1) is 11.4. The van der Waals surface area contributed by atoms with E-state index in [-0.39, 0.29) is 5.69 Å². The number of nitrogens with one attached hydrogen (secondary N) is 1. The minimum atomic E-state index is -4.52. The molecule has 82 valence electrons. The van der Waals surface area contributed by atoms with Crippen molar-refractivity contribution in [3.8, 4) is 0 Å². The predicted molar refractivity (Wildman–Crippen MR) is 50.2 cm³/mol. The highest BCUT2D eigenvalue weighted by molar-refractivity contribution is 5.92. The zero-order valence-electron chi connectivity index (χ0n) is 7.85. The molecule has 15 heavy (non-hydrogen) atoms. The van der Waals surface area contributed by atoms with Gasteiger partial charge in [-0.15, -0.1) is 0 Å². The summed E-state index contributed by atoms with van der Waals surface area (Å²) >= 11 is 0. The van der Waals surface area contributed by atoms with Gasteiger partial charge in [0.05, 0.1) is 16.9 Å². The summed E-state index contributed by atoms with van der Waals surface area (Å²) in [5, 5.41) is 2.22. The topological polar surface area (TPSA) is 55.1 Å². The van der Waals surface area contributed by atoms with E-state index < -0.39 is 23.3 Å². The van der Waals surface area contributed by atoms with Crippen LogP contribution in [0.25, 0.3) is 0 Å². The summed E-state index contributed by atoms with van der Waals surface area (Å²) in [5.74, 6) is -0.471. The molecule has 6 heteroatoms. The maximum Gasteiger partial charge on any atom is 0.418 e. The average molecular weight is 218 g/mol. The van der Waals surface area contributed by atoms with Gasteiger partial charge < -0.3 is 11.1 Å². The van der Waals surface area contributed by atoms with Gasteiger partial charge in [0.15, 0.2) is 0 Å². The van der Waals surface area contributed by atoms with E-state index in [0.29, 0.717) is 0 Å². The summed E-state index contributed by atoms with van der Waals surface area (Å²) in [4.78, 5) is 10.7. The Kier molecular flexibility index (Phi) is 2.88. The van der Waals surface area contributed by atoms with Crippen molar-refractivity contribution in [1.29, 1.82) is 0 Å². The zero-order valence-corrected chi connectivity index (χ0v) is 7.85. The fraction of sp³-hybridized carbons (Fsp3) is 0.222. The zero-order chi connectivity index (χ0) is 11.6. The molecule has 0 bridgehead atoms. The number of carbonyl (C=O) groups excluding carboxylic acids is 1. The third-order valence-electron chi connectivity index (χ3n) is 1.72. The van der Waals surface area contributed by atoms with Crippen LogP contribution in [0.5, 0.6) is 0 Å². The van der Waals surface area contributed by atoms with Gasteiger partial charge in [0.25, 0.3) is 0 Å². The van der Waals surface area contributed by atoms with Gasteiger partial charge in [-0.05, 0) is 12.1 Å². The van der Waals surface area contributed by atoms with Gasteiger partial charge in [0.1, 0.15) is 0 Å². The van der Waals surface area contributed by atoms with Gasteiger partial charge in [-0.1, -0.05) is 6.07 Å². The molecule has 0 saturated heterocycles. The van der Waals surface area contributed by atoms with Crippen LogP contribution in [0.3, 0.4) is 0 Å². The molecule has 1 aromatic rings. The second kappa shape index (κ2) is 3.80. The molecule has 0 spiro atoms. The van der Waals surface area contributed by atoms with E-state index in [1.165, 1.54) is 19.1 Å². The predicted octanol–water partition coefficient (Wildman–Crippen LogP) is 2.25. The Balaban J connectivity index is 3.17. The molecule has 0 heterocycles. The van der Waals surface area contributed by atoms with E-state index in [2.05, 4.69) is 5.32 Å². The van der Waals surface area contributed by atoms with Gasteiger partial charge in [-0.25, -0.2) is 0 Å². The van der Waals surface area contributed by atoms with Crippen LogP contribution in [0.15, 0.2) is 18.2 Å². The van der Waals surface area contributed by atoms with E-state index in [0.717, 1.165) is 6.07 Å². The summed E-state index contributed by atoms with van der Waals surface area (Å²) in [6, 6.07) is 3.36. The van der Waals surface area contributed by atoms with Crippen LogP contribution in [0.4, 0.5) is 24.5 Å². The number of nitrogen functional groups attached to an aromatic ring is 1. The molecular formula is C9H9F3N2O. The number of nitrogens with two attached hydrogens (primary N) is 1. The highest BCUT2D eigenvalue weighted by Gasteiger charge is 2.33. The number of amides is 1. The van der Waals surface area contributed by atoms with Crippen molar-refractivity contribution in [2.24, 2.45) is 0 Å². The third kappa shape index (κ3) is 2.61. The molecular weight excluding hydrogens is 209 g/mol. The van der Waals surface area contributed by atoms with Crippen molar-refractivity contribution >= 4 is 17.3 Å². The Morgan fingerprint density at radius 2 is 2.00 bits per heavy atom. The molecule has 3 N–H and O–H groups in total. The lowest BCUT2D eigenvalue weighted by Crippen LogP contribution is -2.13. The number of alkyl halides is 3. The number of benzene rings is 1. The van der Waals surface area contributed by atoms with Crippen molar-refractivity contribution in [1.82, 2.24) is 0 Å². The van der Waals surface area contributed by atoms with Gasteiger partial charge in [0.2, 0.25) is 5.91 Å². The summed E-state index contributed by atoms with van der Waals surface area (Å²) in [5.41, 5.74) is 3.83. The molecule has 0 radical (unpaired) electrons. The molecule has 0 fully saturated rings. The van der Waals surface area contributed by atoms with Crippen LogP contribution in [0.2, 0.25) is 0 Å². The van der Waals surface area contributed by atoms with Gasteiger partial charge in [-0.2, -0.15) is 13.2 Å². The SMILES string of the molecule is CC(=O)Nc1cccc(C(F)(F)F)c1N. The maximum atomic E-state index is 12.4. The van der Waals surface area contributed by atoms with E-state index in [9.17, 15) is 18.0 Å². The number of para-hydroxylation sites is 1. The molecule has 1 amide bonds. The van der Waals surface area contributed by atoms with Crippen molar-refractivity contribution in [3.63, 3.8) is 0 Å². The number of anilines is 2. The average Bonchev–Trinajstić information content (AvgIpc) is 2.05. The molecule has 0 atom stereocenters. The molecule has 0 saturated carbocycles. The van der Waals surface area contributed by atoms with Crippen LogP contribution < -0.4 is 11.1 Å². The Morgan fingerprint density at radius 3 is 2.47 bits per heavy atom. The van der Waals surface area contributed by atoms with Gasteiger partial charge in [0, 0.05) is 6.92 Å². The molecule has 0 aromatic heterocycles. The fourth-order valence-electron chi connectivity index (χ4n) is 1.11.